The zero-order chi connectivity index (χ0) is 21.7. The summed E-state index contributed by atoms with van der Waals surface area (Å²) in [5.41, 5.74) is 9.61. The summed E-state index contributed by atoms with van der Waals surface area (Å²) in [5.74, 6) is 0.388. The van der Waals surface area contributed by atoms with Crippen molar-refractivity contribution in [3.63, 3.8) is 0 Å². The fourth-order valence-electron chi connectivity index (χ4n) is 3.65. The average molecular weight is 405 g/mol. The third-order valence-corrected chi connectivity index (χ3v) is 5.39. The maximum Gasteiger partial charge on any atom is 0.149 e. The second-order valence-corrected chi connectivity index (χ2v) is 7.95. The van der Waals surface area contributed by atoms with Crippen LogP contribution in [-0.2, 0) is 11.2 Å². The van der Waals surface area contributed by atoms with Crippen LogP contribution in [0.5, 0.6) is 0 Å². The summed E-state index contributed by atoms with van der Waals surface area (Å²) in [6.45, 7) is 6.28. The van der Waals surface area contributed by atoms with Crippen molar-refractivity contribution in [2.45, 2.75) is 27.2 Å². The first-order valence-electron chi connectivity index (χ1n) is 10.0. The van der Waals surface area contributed by atoms with Crippen LogP contribution in [0.2, 0.25) is 0 Å². The number of rotatable bonds is 6. The van der Waals surface area contributed by atoms with Crippen molar-refractivity contribution in [3.8, 4) is 0 Å². The van der Waals surface area contributed by atoms with Crippen molar-refractivity contribution in [1.82, 2.24) is 0 Å². The van der Waals surface area contributed by atoms with Crippen LogP contribution in [-0.4, -0.2) is 7.11 Å². The van der Waals surface area contributed by atoms with Gasteiger partial charge in [0.25, 0.3) is 0 Å². The normalized spacial score (nSPS) is 16.4. The minimum Gasteiger partial charge on any atom is -0.499 e. The summed E-state index contributed by atoms with van der Waals surface area (Å²) in [5, 5.41) is 0. The molecule has 0 saturated heterocycles. The quantitative estimate of drug-likeness (QED) is 0.449. The predicted octanol–water partition coefficient (Wildman–Crippen LogP) is 6.37. The Labute approximate surface area is 178 Å². The summed E-state index contributed by atoms with van der Waals surface area (Å²) in [6.07, 6.45) is 11.0. The van der Waals surface area contributed by atoms with E-state index in [1.165, 1.54) is 11.6 Å². The maximum atomic E-state index is 14.5. The van der Waals surface area contributed by atoms with Crippen LogP contribution in [0.4, 0.5) is 15.8 Å². The summed E-state index contributed by atoms with van der Waals surface area (Å²) < 4.78 is 20.2. The molecule has 1 aliphatic heterocycles. The lowest BCUT2D eigenvalue weighted by Gasteiger charge is -2.37. The molecule has 0 unspecified atom stereocenters. The van der Waals surface area contributed by atoms with Gasteiger partial charge in [-0.2, -0.15) is 0 Å². The molecular formula is C26H29FN2O. The third-order valence-electron chi connectivity index (χ3n) is 5.39. The van der Waals surface area contributed by atoms with Gasteiger partial charge in [-0.05, 0) is 62.1 Å². The molecule has 3 rings (SSSR count). The highest BCUT2D eigenvalue weighted by Gasteiger charge is 2.34. The number of nitrogens with two attached hydrogens (primary N) is 1. The molecule has 0 atom stereocenters. The van der Waals surface area contributed by atoms with Crippen LogP contribution in [0.15, 0.2) is 96.1 Å². The molecule has 30 heavy (non-hydrogen) atoms. The van der Waals surface area contributed by atoms with Gasteiger partial charge in [-0.3, -0.25) is 0 Å². The number of anilines is 2. The maximum absolute atomic E-state index is 14.5. The largest absolute Gasteiger partial charge is 0.499 e. The standard InChI is InChI=1S/C26H29FN2O/c1-19(10-8-9-13-20-11-6-5-7-12-20)22-17-29(18-25(30-4)26(22,2)3)24-15-14-21(28)16-23(24)27/h5-12,14-18H,13,28H2,1-4H3/b9-8-,19-10+. The molecule has 1 heterocycles. The minimum atomic E-state index is -0.374. The van der Waals surface area contributed by atoms with Crippen molar-refractivity contribution in [2.24, 2.45) is 5.41 Å². The molecule has 3 nitrogen and oxygen atoms in total. The van der Waals surface area contributed by atoms with E-state index in [2.05, 4.69) is 51.1 Å². The van der Waals surface area contributed by atoms with Gasteiger partial charge in [0.2, 0.25) is 0 Å². The fraction of sp³-hybridized carbons (Fsp3) is 0.231. The molecule has 0 fully saturated rings. The third kappa shape index (κ3) is 4.65. The molecule has 0 amide bonds. The highest BCUT2D eigenvalue weighted by Crippen LogP contribution is 2.43. The minimum absolute atomic E-state index is 0.344. The number of hydrogen-bond acceptors (Lipinski definition) is 3. The molecular weight excluding hydrogens is 375 g/mol. The Bertz CT molecular complexity index is 1020. The topological polar surface area (TPSA) is 38.5 Å². The second kappa shape index (κ2) is 9.04. The van der Waals surface area contributed by atoms with Gasteiger partial charge in [0.05, 0.1) is 18.2 Å². The molecule has 0 bridgehead atoms. The molecule has 2 aromatic rings. The van der Waals surface area contributed by atoms with Crippen LogP contribution in [0.25, 0.3) is 0 Å². The number of halogens is 1. The molecule has 0 saturated carbocycles. The number of ether oxygens (including phenoxy) is 1. The van der Waals surface area contributed by atoms with Gasteiger partial charge in [-0.1, -0.05) is 48.6 Å². The molecule has 2 aromatic carbocycles. The molecule has 4 heteroatoms. The molecule has 2 N–H and O–H groups in total. The van der Waals surface area contributed by atoms with E-state index in [1.807, 2.05) is 30.6 Å². The Morgan fingerprint density at radius 3 is 2.53 bits per heavy atom. The highest BCUT2D eigenvalue weighted by atomic mass is 19.1. The first-order valence-corrected chi connectivity index (χ1v) is 10.0. The van der Waals surface area contributed by atoms with E-state index in [-0.39, 0.29) is 11.2 Å². The second-order valence-electron chi connectivity index (χ2n) is 7.95. The van der Waals surface area contributed by atoms with E-state index in [1.54, 1.807) is 24.1 Å². The van der Waals surface area contributed by atoms with E-state index >= 15 is 0 Å². The van der Waals surface area contributed by atoms with E-state index < -0.39 is 0 Å². The monoisotopic (exact) mass is 404 g/mol. The van der Waals surface area contributed by atoms with Gasteiger partial charge < -0.3 is 15.4 Å². The summed E-state index contributed by atoms with van der Waals surface area (Å²) >= 11 is 0. The first-order chi connectivity index (χ1) is 14.3. The number of nitrogen functional groups attached to an aromatic ring is 1. The van der Waals surface area contributed by atoms with E-state index in [4.69, 9.17) is 10.5 Å². The van der Waals surface area contributed by atoms with Gasteiger partial charge in [0, 0.05) is 18.1 Å². The Morgan fingerprint density at radius 1 is 1.13 bits per heavy atom. The molecule has 0 radical (unpaired) electrons. The van der Waals surface area contributed by atoms with Crippen LogP contribution >= 0.6 is 0 Å². The predicted molar refractivity (Wildman–Crippen MR) is 123 cm³/mol. The van der Waals surface area contributed by atoms with E-state index in [9.17, 15) is 4.39 Å². The van der Waals surface area contributed by atoms with Crippen LogP contribution in [0.1, 0.15) is 26.3 Å². The zero-order valence-corrected chi connectivity index (χ0v) is 18.0. The number of methoxy groups -OCH3 is 1. The van der Waals surface area contributed by atoms with E-state index in [0.717, 1.165) is 23.3 Å². The van der Waals surface area contributed by atoms with Crippen molar-refractivity contribution in [1.29, 1.82) is 0 Å². The number of benzene rings is 2. The summed E-state index contributed by atoms with van der Waals surface area (Å²) in [7, 11) is 1.65. The Kier molecular flexibility index (Phi) is 6.46. The van der Waals surface area contributed by atoms with Crippen LogP contribution in [0, 0.1) is 11.2 Å². The van der Waals surface area contributed by atoms with Gasteiger partial charge in [0.1, 0.15) is 11.6 Å². The molecule has 0 aliphatic carbocycles. The lowest BCUT2D eigenvalue weighted by atomic mass is 9.77. The van der Waals surface area contributed by atoms with Gasteiger partial charge >= 0.3 is 0 Å². The lowest BCUT2D eigenvalue weighted by molar-refractivity contribution is 0.213. The number of hydrogen-bond donors (Lipinski definition) is 1. The van der Waals surface area contributed by atoms with Crippen molar-refractivity contribution >= 4 is 11.4 Å². The van der Waals surface area contributed by atoms with Crippen molar-refractivity contribution < 1.29 is 9.13 Å². The molecule has 0 spiro atoms. The average Bonchev–Trinajstić information content (AvgIpc) is 2.72. The molecule has 156 valence electrons. The Morgan fingerprint density at radius 2 is 1.87 bits per heavy atom. The van der Waals surface area contributed by atoms with Crippen LogP contribution < -0.4 is 10.6 Å². The molecule has 1 aliphatic rings. The zero-order valence-electron chi connectivity index (χ0n) is 18.0. The number of nitrogens with zero attached hydrogens (tertiary/aromatic N) is 1. The van der Waals surface area contributed by atoms with Crippen molar-refractivity contribution in [2.75, 3.05) is 17.7 Å². The van der Waals surface area contributed by atoms with Gasteiger partial charge in [0.15, 0.2) is 0 Å². The van der Waals surface area contributed by atoms with Crippen molar-refractivity contribution in [3.05, 3.63) is 107 Å². The fourth-order valence-corrected chi connectivity index (χ4v) is 3.65. The lowest BCUT2D eigenvalue weighted by Crippen LogP contribution is -2.29. The Balaban J connectivity index is 1.90. The van der Waals surface area contributed by atoms with Gasteiger partial charge in [-0.15, -0.1) is 0 Å². The summed E-state index contributed by atoms with van der Waals surface area (Å²) in [6, 6.07) is 15.0. The highest BCUT2D eigenvalue weighted by molar-refractivity contribution is 5.62. The van der Waals surface area contributed by atoms with Gasteiger partial charge in [-0.25, -0.2) is 4.39 Å². The van der Waals surface area contributed by atoms with Crippen LogP contribution in [0.3, 0.4) is 0 Å². The SMILES string of the molecule is COC1=CN(c2ccc(N)cc2F)C=C(/C(C)=C/C=C\Cc2ccccc2)C1(C)C. The summed E-state index contributed by atoms with van der Waals surface area (Å²) in [4.78, 5) is 1.76. The molecule has 0 aromatic heterocycles. The first kappa shape index (κ1) is 21.4. The Hall–Kier alpha value is -3.27. The smallest absolute Gasteiger partial charge is 0.149 e. The number of allylic oxidation sites excluding steroid dienone is 5. The van der Waals surface area contributed by atoms with E-state index in [0.29, 0.717) is 11.4 Å².